The van der Waals surface area contributed by atoms with Crippen molar-refractivity contribution in [3.8, 4) is 5.69 Å². The summed E-state index contributed by atoms with van der Waals surface area (Å²) in [4.78, 5) is 22.4. The number of rotatable bonds is 3. The zero-order chi connectivity index (χ0) is 19.3. The van der Waals surface area contributed by atoms with Crippen LogP contribution < -0.4 is 0 Å². The van der Waals surface area contributed by atoms with Crippen LogP contribution in [0.5, 0.6) is 0 Å². The molecule has 0 unspecified atom stereocenters. The van der Waals surface area contributed by atoms with Crippen LogP contribution in [0.4, 0.5) is 5.69 Å². The molecule has 27 heavy (non-hydrogen) atoms. The minimum atomic E-state index is -1.000. The zero-order valence-electron chi connectivity index (χ0n) is 14.1. The van der Waals surface area contributed by atoms with E-state index in [2.05, 4.69) is 15.9 Å². The maximum atomic E-state index is 11.8. The van der Waals surface area contributed by atoms with E-state index in [1.54, 1.807) is 25.1 Å². The zero-order valence-corrected chi connectivity index (χ0v) is 15.7. The predicted molar refractivity (Wildman–Crippen MR) is 107 cm³/mol. The van der Waals surface area contributed by atoms with E-state index in [0.29, 0.717) is 5.39 Å². The van der Waals surface area contributed by atoms with Crippen LogP contribution in [0.15, 0.2) is 59.1 Å². The molecule has 1 heterocycles. The number of nitrogens with zero attached hydrogens (tertiary/aromatic N) is 2. The van der Waals surface area contributed by atoms with Crippen LogP contribution in [0.1, 0.15) is 15.9 Å². The van der Waals surface area contributed by atoms with Crippen molar-refractivity contribution in [2.75, 3.05) is 0 Å². The molecule has 0 aliphatic carbocycles. The second-order valence-corrected chi connectivity index (χ2v) is 7.15. The summed E-state index contributed by atoms with van der Waals surface area (Å²) in [6.45, 7) is 1.81. The summed E-state index contributed by atoms with van der Waals surface area (Å²) < 4.78 is 2.79. The molecule has 134 valence electrons. The minimum Gasteiger partial charge on any atom is -0.478 e. The molecule has 0 saturated carbocycles. The van der Waals surface area contributed by atoms with Gasteiger partial charge in [-0.25, -0.2) is 4.79 Å². The van der Waals surface area contributed by atoms with Gasteiger partial charge in [0.15, 0.2) is 0 Å². The molecule has 1 N–H and O–H groups in total. The number of fused-ring (bicyclic) bond motifs is 3. The maximum absolute atomic E-state index is 11.8. The van der Waals surface area contributed by atoms with E-state index < -0.39 is 10.9 Å². The smallest absolute Gasteiger partial charge is 0.336 e. The summed E-state index contributed by atoms with van der Waals surface area (Å²) >= 11 is 3.45. The molecule has 0 atom stereocenters. The van der Waals surface area contributed by atoms with Crippen molar-refractivity contribution in [2.45, 2.75) is 6.92 Å². The molecule has 7 heteroatoms. The lowest BCUT2D eigenvalue weighted by Gasteiger charge is -2.11. The van der Waals surface area contributed by atoms with Gasteiger partial charge in [0, 0.05) is 33.1 Å². The Morgan fingerprint density at radius 2 is 1.89 bits per heavy atom. The Morgan fingerprint density at radius 3 is 2.56 bits per heavy atom. The first-order valence-electron chi connectivity index (χ1n) is 8.10. The highest BCUT2D eigenvalue weighted by Crippen LogP contribution is 2.37. The Labute approximate surface area is 161 Å². The van der Waals surface area contributed by atoms with Gasteiger partial charge in [-0.05, 0) is 48.9 Å². The molecule has 0 fully saturated rings. The lowest BCUT2D eigenvalue weighted by atomic mass is 10.1. The van der Waals surface area contributed by atoms with Gasteiger partial charge in [-0.1, -0.05) is 22.0 Å². The summed E-state index contributed by atoms with van der Waals surface area (Å²) in [5, 5.41) is 22.1. The second kappa shape index (κ2) is 6.21. The fraction of sp³-hybridized carbons (Fsp3) is 0.0500. The third kappa shape index (κ3) is 2.67. The highest BCUT2D eigenvalue weighted by molar-refractivity contribution is 9.10. The lowest BCUT2D eigenvalue weighted by Crippen LogP contribution is -2.00. The number of carboxylic acids is 1. The SMILES string of the molecule is Cc1cc([N+](=O)[O-])ccc1-n1c2ccc(Br)cc2c2c(C(=O)O)cccc21. The summed E-state index contributed by atoms with van der Waals surface area (Å²) in [6, 6.07) is 15.5. The number of benzene rings is 3. The average molecular weight is 425 g/mol. The predicted octanol–water partition coefficient (Wildman–Crippen LogP) is 5.46. The summed E-state index contributed by atoms with van der Waals surface area (Å²) in [7, 11) is 0. The van der Waals surface area contributed by atoms with Gasteiger partial charge >= 0.3 is 5.97 Å². The molecule has 0 amide bonds. The fourth-order valence-electron chi connectivity index (χ4n) is 3.48. The standard InChI is InChI=1S/C20H13BrN2O4/c1-11-9-13(23(26)27)6-8-16(11)22-17-7-5-12(21)10-15(17)19-14(20(24)25)3-2-4-18(19)22/h2-10H,1H3,(H,24,25). The Balaban J connectivity index is 2.16. The van der Waals surface area contributed by atoms with Crippen LogP contribution >= 0.6 is 15.9 Å². The topological polar surface area (TPSA) is 85.4 Å². The molecule has 3 aromatic carbocycles. The van der Waals surface area contributed by atoms with Crippen LogP contribution in [0.3, 0.4) is 0 Å². The van der Waals surface area contributed by atoms with Crippen molar-refractivity contribution in [2.24, 2.45) is 0 Å². The van der Waals surface area contributed by atoms with Gasteiger partial charge in [-0.15, -0.1) is 0 Å². The largest absolute Gasteiger partial charge is 0.478 e. The van der Waals surface area contributed by atoms with Crippen molar-refractivity contribution in [1.29, 1.82) is 0 Å². The molecule has 6 nitrogen and oxygen atoms in total. The van der Waals surface area contributed by atoms with Gasteiger partial charge in [0.25, 0.3) is 5.69 Å². The summed E-state index contributed by atoms with van der Waals surface area (Å²) in [6.07, 6.45) is 0. The maximum Gasteiger partial charge on any atom is 0.336 e. The number of hydrogen-bond acceptors (Lipinski definition) is 3. The summed E-state index contributed by atoms with van der Waals surface area (Å²) in [5.41, 5.74) is 3.30. The molecule has 4 aromatic rings. The van der Waals surface area contributed by atoms with Crippen molar-refractivity contribution in [3.05, 3.63) is 80.3 Å². The van der Waals surface area contributed by atoms with E-state index in [4.69, 9.17) is 0 Å². The Morgan fingerprint density at radius 1 is 1.11 bits per heavy atom. The normalized spacial score (nSPS) is 11.2. The average Bonchev–Trinajstić information content (AvgIpc) is 2.95. The second-order valence-electron chi connectivity index (χ2n) is 6.23. The van der Waals surface area contributed by atoms with E-state index in [0.717, 1.165) is 32.1 Å². The van der Waals surface area contributed by atoms with Crippen LogP contribution in [-0.4, -0.2) is 20.6 Å². The van der Waals surface area contributed by atoms with Crippen LogP contribution in [0.2, 0.25) is 0 Å². The number of halogens is 1. The first-order valence-corrected chi connectivity index (χ1v) is 8.89. The number of aromatic carboxylic acids is 1. The lowest BCUT2D eigenvalue weighted by molar-refractivity contribution is -0.384. The molecule has 0 radical (unpaired) electrons. The number of nitro groups is 1. The number of carboxylic acid groups (broad SMARTS) is 1. The number of non-ortho nitro benzene ring substituents is 1. The molecule has 1 aromatic heterocycles. The van der Waals surface area contributed by atoms with Gasteiger partial charge < -0.3 is 9.67 Å². The molecule has 0 spiro atoms. The number of aryl methyl sites for hydroxylation is 1. The van der Waals surface area contributed by atoms with Gasteiger partial charge in [-0.3, -0.25) is 10.1 Å². The summed E-state index contributed by atoms with van der Waals surface area (Å²) in [5.74, 6) is -1.000. The third-order valence-corrected chi connectivity index (χ3v) is 5.11. The molecule has 4 rings (SSSR count). The van der Waals surface area contributed by atoms with E-state index in [1.165, 1.54) is 12.1 Å². The van der Waals surface area contributed by atoms with Crippen LogP contribution in [-0.2, 0) is 0 Å². The van der Waals surface area contributed by atoms with Gasteiger partial charge in [0.2, 0.25) is 0 Å². The molecule has 0 saturated heterocycles. The third-order valence-electron chi connectivity index (χ3n) is 4.61. The van der Waals surface area contributed by atoms with Crippen molar-refractivity contribution >= 4 is 49.4 Å². The van der Waals surface area contributed by atoms with Gasteiger partial charge in [-0.2, -0.15) is 0 Å². The van der Waals surface area contributed by atoms with Gasteiger partial charge in [0.05, 0.1) is 21.5 Å². The van der Waals surface area contributed by atoms with Crippen LogP contribution in [0, 0.1) is 17.0 Å². The van der Waals surface area contributed by atoms with E-state index in [1.807, 2.05) is 28.8 Å². The van der Waals surface area contributed by atoms with E-state index in [9.17, 15) is 20.0 Å². The van der Waals surface area contributed by atoms with Crippen LogP contribution in [0.25, 0.3) is 27.5 Å². The van der Waals surface area contributed by atoms with Gasteiger partial charge in [0.1, 0.15) is 0 Å². The molecule has 0 aliphatic heterocycles. The number of aromatic nitrogens is 1. The Bertz CT molecular complexity index is 1260. The Kier molecular flexibility index (Phi) is 3.96. The monoisotopic (exact) mass is 424 g/mol. The van der Waals surface area contributed by atoms with Crippen molar-refractivity contribution < 1.29 is 14.8 Å². The highest BCUT2D eigenvalue weighted by atomic mass is 79.9. The number of hydrogen-bond donors (Lipinski definition) is 1. The minimum absolute atomic E-state index is 0.0194. The molecule has 0 aliphatic rings. The number of carbonyl (C=O) groups is 1. The first kappa shape index (κ1) is 17.2. The Hall–Kier alpha value is -3.19. The van der Waals surface area contributed by atoms with Crippen molar-refractivity contribution in [3.63, 3.8) is 0 Å². The van der Waals surface area contributed by atoms with E-state index in [-0.39, 0.29) is 11.3 Å². The quantitative estimate of drug-likeness (QED) is 0.349. The highest BCUT2D eigenvalue weighted by Gasteiger charge is 2.20. The molecule has 0 bridgehead atoms. The van der Waals surface area contributed by atoms with E-state index >= 15 is 0 Å². The van der Waals surface area contributed by atoms with Crippen molar-refractivity contribution in [1.82, 2.24) is 4.57 Å². The molecular weight excluding hydrogens is 412 g/mol. The molecular formula is C20H13BrN2O4. The first-order chi connectivity index (χ1) is 12.9. The fourth-order valence-corrected chi connectivity index (χ4v) is 3.85. The number of nitro benzene ring substituents is 1.